The number of rotatable bonds is 6. The fourth-order valence-electron chi connectivity index (χ4n) is 2.15. The van der Waals surface area contributed by atoms with E-state index in [9.17, 15) is 4.79 Å². The van der Waals surface area contributed by atoms with Gasteiger partial charge >= 0.3 is 0 Å². The Morgan fingerprint density at radius 3 is 2.70 bits per heavy atom. The summed E-state index contributed by atoms with van der Waals surface area (Å²) in [6, 6.07) is 2.08. The van der Waals surface area contributed by atoms with Crippen molar-refractivity contribution in [2.75, 3.05) is 18.4 Å². The molecule has 0 unspecified atom stereocenters. The van der Waals surface area contributed by atoms with E-state index in [1.54, 1.807) is 0 Å². The van der Waals surface area contributed by atoms with E-state index in [0.29, 0.717) is 25.0 Å². The van der Waals surface area contributed by atoms with Crippen LogP contribution in [0.4, 0.5) is 5.95 Å². The predicted octanol–water partition coefficient (Wildman–Crippen LogP) is 2.24. The third-order valence-electron chi connectivity index (χ3n) is 3.63. The van der Waals surface area contributed by atoms with E-state index >= 15 is 0 Å². The minimum absolute atomic E-state index is 0.0236. The van der Waals surface area contributed by atoms with Gasteiger partial charge in [-0.25, -0.2) is 9.97 Å². The summed E-state index contributed by atoms with van der Waals surface area (Å²) in [5, 5.41) is 6.06. The molecule has 1 heterocycles. The smallest absolute Gasteiger partial charge is 0.223 e. The summed E-state index contributed by atoms with van der Waals surface area (Å²) in [7, 11) is 0. The Bertz CT molecular complexity index is 469. The number of hydrogen-bond acceptors (Lipinski definition) is 4. The molecule has 110 valence electrons. The van der Waals surface area contributed by atoms with Crippen LogP contribution in [-0.4, -0.2) is 29.0 Å². The van der Waals surface area contributed by atoms with Gasteiger partial charge in [0.25, 0.3) is 0 Å². The molecule has 2 rings (SSSR count). The zero-order valence-electron chi connectivity index (χ0n) is 12.6. The lowest BCUT2D eigenvalue weighted by Crippen LogP contribution is -2.32. The van der Waals surface area contributed by atoms with Crippen molar-refractivity contribution in [3.05, 3.63) is 17.5 Å². The molecule has 2 N–H and O–H groups in total. The molecular weight excluding hydrogens is 252 g/mol. The van der Waals surface area contributed by atoms with E-state index < -0.39 is 0 Å². The van der Waals surface area contributed by atoms with Crippen molar-refractivity contribution in [3.8, 4) is 0 Å². The average Bonchev–Trinajstić information content (AvgIpc) is 2.31. The second kappa shape index (κ2) is 6.68. The van der Waals surface area contributed by atoms with Crippen LogP contribution < -0.4 is 10.6 Å². The molecule has 5 nitrogen and oxygen atoms in total. The van der Waals surface area contributed by atoms with Crippen LogP contribution >= 0.6 is 0 Å². The third kappa shape index (κ3) is 3.92. The first-order chi connectivity index (χ1) is 9.56. The number of carbonyl (C=O) groups is 1. The monoisotopic (exact) mass is 276 g/mol. The molecule has 1 aliphatic rings. The fourth-order valence-corrected chi connectivity index (χ4v) is 2.15. The van der Waals surface area contributed by atoms with E-state index in [4.69, 9.17) is 0 Å². The summed E-state index contributed by atoms with van der Waals surface area (Å²) in [5.41, 5.74) is 2.15. The van der Waals surface area contributed by atoms with Crippen LogP contribution in [0, 0.1) is 12.8 Å². The van der Waals surface area contributed by atoms with E-state index in [1.165, 1.54) is 19.3 Å². The summed E-state index contributed by atoms with van der Waals surface area (Å²) < 4.78 is 0. The highest BCUT2D eigenvalue weighted by Gasteiger charge is 2.21. The molecule has 0 atom stereocenters. The summed E-state index contributed by atoms with van der Waals surface area (Å²) in [6.45, 7) is 7.00. The van der Waals surface area contributed by atoms with Gasteiger partial charge in [0.2, 0.25) is 11.9 Å². The number of carbonyl (C=O) groups excluding carboxylic acids is 1. The van der Waals surface area contributed by atoms with Crippen LogP contribution in [0.2, 0.25) is 0 Å². The zero-order chi connectivity index (χ0) is 14.5. The molecule has 1 amide bonds. The maximum absolute atomic E-state index is 11.4. The second-order valence-corrected chi connectivity index (χ2v) is 5.76. The molecule has 0 aliphatic heterocycles. The Balaban J connectivity index is 1.83. The third-order valence-corrected chi connectivity index (χ3v) is 3.63. The van der Waals surface area contributed by atoms with Crippen molar-refractivity contribution in [1.29, 1.82) is 0 Å². The molecule has 0 bridgehead atoms. The lowest BCUT2D eigenvalue weighted by atomic mass is 9.83. The van der Waals surface area contributed by atoms with Crippen LogP contribution in [0.15, 0.2) is 6.07 Å². The first-order valence-corrected chi connectivity index (χ1v) is 7.43. The molecule has 1 fully saturated rings. The molecule has 0 spiro atoms. The number of nitrogens with one attached hydrogen (secondary N) is 2. The van der Waals surface area contributed by atoms with Gasteiger partial charge in [0.1, 0.15) is 0 Å². The topological polar surface area (TPSA) is 66.9 Å². The van der Waals surface area contributed by atoms with E-state index in [-0.39, 0.29) is 11.8 Å². The maximum Gasteiger partial charge on any atom is 0.223 e. The van der Waals surface area contributed by atoms with Crippen LogP contribution in [0.5, 0.6) is 0 Å². The van der Waals surface area contributed by atoms with E-state index in [1.807, 2.05) is 20.8 Å². The van der Waals surface area contributed by atoms with Gasteiger partial charge in [-0.1, -0.05) is 20.3 Å². The van der Waals surface area contributed by atoms with Gasteiger partial charge in [-0.2, -0.15) is 0 Å². The summed E-state index contributed by atoms with van der Waals surface area (Å²) in [4.78, 5) is 20.4. The Labute approximate surface area is 120 Å². The van der Waals surface area contributed by atoms with Crippen molar-refractivity contribution in [3.63, 3.8) is 0 Å². The fraction of sp³-hybridized carbons (Fsp3) is 0.667. The zero-order valence-corrected chi connectivity index (χ0v) is 12.6. The highest BCUT2D eigenvalue weighted by molar-refractivity contribution is 5.77. The molecule has 1 aromatic rings. The largest absolute Gasteiger partial charge is 0.354 e. The van der Waals surface area contributed by atoms with Crippen molar-refractivity contribution in [2.45, 2.75) is 46.0 Å². The SMILES string of the molecule is Cc1cc(C2CCC2)nc(NCCNC(=O)C(C)C)n1. The molecular formula is C15H24N4O. The number of aromatic nitrogens is 2. The Hall–Kier alpha value is -1.65. The molecule has 0 aromatic carbocycles. The standard InChI is InChI=1S/C15H24N4O/c1-10(2)14(20)16-7-8-17-15-18-11(3)9-13(19-15)12-5-4-6-12/h9-10,12H,4-8H2,1-3H3,(H,16,20)(H,17,18,19). The van der Waals surface area contributed by atoms with Gasteiger partial charge < -0.3 is 10.6 Å². The minimum atomic E-state index is 0.0236. The number of nitrogens with zero attached hydrogens (tertiary/aromatic N) is 2. The quantitative estimate of drug-likeness (QED) is 0.782. The van der Waals surface area contributed by atoms with Crippen LogP contribution in [0.25, 0.3) is 0 Å². The molecule has 0 radical (unpaired) electrons. The minimum Gasteiger partial charge on any atom is -0.354 e. The van der Waals surface area contributed by atoms with Gasteiger partial charge in [0, 0.05) is 36.3 Å². The summed E-state index contributed by atoms with van der Waals surface area (Å²) in [5.74, 6) is 1.38. The molecule has 1 aromatic heterocycles. The second-order valence-electron chi connectivity index (χ2n) is 5.76. The van der Waals surface area contributed by atoms with Crippen molar-refractivity contribution in [1.82, 2.24) is 15.3 Å². The van der Waals surface area contributed by atoms with E-state index in [0.717, 1.165) is 11.4 Å². The molecule has 0 saturated heterocycles. The van der Waals surface area contributed by atoms with Gasteiger partial charge in [-0.3, -0.25) is 4.79 Å². The van der Waals surface area contributed by atoms with Gasteiger partial charge in [-0.15, -0.1) is 0 Å². The lowest BCUT2D eigenvalue weighted by Gasteiger charge is -2.25. The van der Waals surface area contributed by atoms with Gasteiger partial charge in [0.05, 0.1) is 0 Å². The molecule has 1 aliphatic carbocycles. The Kier molecular flexibility index (Phi) is 4.93. The molecule has 1 saturated carbocycles. The number of anilines is 1. The van der Waals surface area contributed by atoms with Gasteiger partial charge in [0.15, 0.2) is 0 Å². The normalized spacial score (nSPS) is 15.0. The van der Waals surface area contributed by atoms with E-state index in [2.05, 4.69) is 26.7 Å². The number of hydrogen-bond donors (Lipinski definition) is 2. The summed E-state index contributed by atoms with van der Waals surface area (Å²) in [6.07, 6.45) is 3.78. The molecule has 5 heteroatoms. The first kappa shape index (κ1) is 14.8. The lowest BCUT2D eigenvalue weighted by molar-refractivity contribution is -0.123. The summed E-state index contributed by atoms with van der Waals surface area (Å²) >= 11 is 0. The van der Waals surface area contributed by atoms with Crippen molar-refractivity contribution in [2.24, 2.45) is 5.92 Å². The van der Waals surface area contributed by atoms with Gasteiger partial charge in [-0.05, 0) is 25.8 Å². The number of amides is 1. The average molecular weight is 276 g/mol. The maximum atomic E-state index is 11.4. The predicted molar refractivity (Wildman–Crippen MR) is 79.7 cm³/mol. The highest BCUT2D eigenvalue weighted by Crippen LogP contribution is 2.35. The Morgan fingerprint density at radius 1 is 1.35 bits per heavy atom. The van der Waals surface area contributed by atoms with Crippen LogP contribution in [0.1, 0.15) is 50.4 Å². The van der Waals surface area contributed by atoms with Crippen molar-refractivity contribution < 1.29 is 4.79 Å². The van der Waals surface area contributed by atoms with Crippen LogP contribution in [-0.2, 0) is 4.79 Å². The number of aryl methyl sites for hydroxylation is 1. The van der Waals surface area contributed by atoms with Crippen LogP contribution in [0.3, 0.4) is 0 Å². The highest BCUT2D eigenvalue weighted by atomic mass is 16.1. The molecule has 20 heavy (non-hydrogen) atoms. The Morgan fingerprint density at radius 2 is 2.10 bits per heavy atom. The first-order valence-electron chi connectivity index (χ1n) is 7.43. The van der Waals surface area contributed by atoms with Crippen molar-refractivity contribution >= 4 is 11.9 Å².